The summed E-state index contributed by atoms with van der Waals surface area (Å²) in [6.45, 7) is 4.89. The van der Waals surface area contributed by atoms with Crippen LogP contribution >= 0.6 is 0 Å². The molecule has 6 nitrogen and oxygen atoms in total. The van der Waals surface area contributed by atoms with Crippen LogP contribution in [-0.4, -0.2) is 53.2 Å². The van der Waals surface area contributed by atoms with Gasteiger partial charge < -0.3 is 10.2 Å². The average Bonchev–Trinajstić information content (AvgIpc) is 3.27. The molecule has 0 aliphatic heterocycles. The predicted molar refractivity (Wildman–Crippen MR) is 172 cm³/mol. The Morgan fingerprint density at radius 1 is 0.909 bits per heavy atom. The molecule has 0 saturated heterocycles. The fourth-order valence-corrected chi connectivity index (χ4v) is 12.4. The van der Waals surface area contributed by atoms with Crippen LogP contribution in [0.4, 0.5) is 0 Å². The van der Waals surface area contributed by atoms with Crippen LogP contribution < -0.4 is 0 Å². The van der Waals surface area contributed by atoms with Crippen LogP contribution in [0.5, 0.6) is 0 Å². The van der Waals surface area contributed by atoms with Crippen molar-refractivity contribution >= 4 is 15.8 Å². The molecule has 7 heteroatoms. The largest absolute Gasteiger partial charge is 0.393 e. The number of rotatable bonds is 7. The third kappa shape index (κ3) is 4.28. The zero-order valence-electron chi connectivity index (χ0n) is 26.8. The van der Waals surface area contributed by atoms with E-state index in [9.17, 15) is 23.4 Å². The lowest BCUT2D eigenvalue weighted by Gasteiger charge is -2.71. The van der Waals surface area contributed by atoms with E-state index in [4.69, 9.17) is 0 Å². The Morgan fingerprint density at radius 2 is 1.57 bits per heavy atom. The first kappa shape index (κ1) is 30.8. The molecule has 7 aliphatic carbocycles. The number of carbonyl (C=O) groups is 1. The smallest absolute Gasteiger partial charge is 0.211 e. The third-order valence-electron chi connectivity index (χ3n) is 14.1. The second-order valence-corrected chi connectivity index (χ2v) is 18.0. The summed E-state index contributed by atoms with van der Waals surface area (Å²) >= 11 is 0. The van der Waals surface area contributed by atoms with Crippen molar-refractivity contribution in [2.45, 2.75) is 109 Å². The van der Waals surface area contributed by atoms with Gasteiger partial charge in [-0.15, -0.1) is 0 Å². The first-order valence-electron chi connectivity index (χ1n) is 17.2. The summed E-state index contributed by atoms with van der Waals surface area (Å²) < 4.78 is 27.8. The van der Waals surface area contributed by atoms with E-state index in [1.807, 2.05) is 30.3 Å². The summed E-state index contributed by atoms with van der Waals surface area (Å²) in [6, 6.07) is 9.62. The van der Waals surface area contributed by atoms with E-state index < -0.39 is 26.5 Å². The first-order valence-corrected chi connectivity index (χ1v) is 19.0. The molecule has 0 radical (unpaired) electrons. The van der Waals surface area contributed by atoms with Gasteiger partial charge in [0.15, 0.2) is 5.78 Å². The van der Waals surface area contributed by atoms with E-state index in [0.717, 1.165) is 68.9 Å². The summed E-state index contributed by atoms with van der Waals surface area (Å²) in [5.74, 6) is 0.653. The molecule has 0 amide bonds. The fourth-order valence-electron chi connectivity index (χ4n) is 11.6. The molecular weight excluding hydrogens is 570 g/mol. The molecule has 1 aromatic carbocycles. The van der Waals surface area contributed by atoms with Gasteiger partial charge in [0, 0.05) is 40.8 Å². The molecule has 7 aliphatic rings. The molecule has 2 N–H and O–H groups in total. The van der Waals surface area contributed by atoms with Crippen LogP contribution in [0.3, 0.4) is 0 Å². The Morgan fingerprint density at radius 3 is 2.27 bits per heavy atom. The molecule has 1 aromatic rings. The zero-order valence-corrected chi connectivity index (χ0v) is 27.6. The lowest BCUT2D eigenvalue weighted by Crippen LogP contribution is -2.67. The number of benzene rings is 1. The summed E-state index contributed by atoms with van der Waals surface area (Å²) in [5, 5.41) is 23.6. The highest BCUT2D eigenvalue weighted by atomic mass is 32.2. The molecule has 2 bridgehead atoms. The van der Waals surface area contributed by atoms with Crippen molar-refractivity contribution in [2.75, 3.05) is 12.8 Å². The lowest BCUT2D eigenvalue weighted by atomic mass is 9.32. The van der Waals surface area contributed by atoms with Gasteiger partial charge in [-0.05, 0) is 80.6 Å². The second-order valence-electron chi connectivity index (χ2n) is 16.0. The van der Waals surface area contributed by atoms with Crippen molar-refractivity contribution < 1.29 is 23.4 Å². The maximum Gasteiger partial charge on any atom is 0.211 e. The Labute approximate surface area is 264 Å². The number of aliphatic hydroxyl groups is 2. The molecule has 44 heavy (non-hydrogen) atoms. The molecule has 0 aromatic heterocycles. The predicted octanol–water partition coefficient (Wildman–Crippen LogP) is 6.19. The zero-order chi connectivity index (χ0) is 31.2. The van der Waals surface area contributed by atoms with E-state index in [2.05, 4.69) is 32.1 Å². The van der Waals surface area contributed by atoms with Crippen molar-refractivity contribution in [1.29, 1.82) is 0 Å². The van der Waals surface area contributed by atoms with Gasteiger partial charge in [-0.2, -0.15) is 4.31 Å². The number of nitrogens with zero attached hydrogens (tertiary/aromatic N) is 1. The van der Waals surface area contributed by atoms with Gasteiger partial charge in [0.25, 0.3) is 0 Å². The molecular formula is C37H51NO5S. The minimum absolute atomic E-state index is 0.0360. The van der Waals surface area contributed by atoms with Crippen LogP contribution in [0, 0.1) is 39.4 Å². The Hall–Kier alpha value is -1.80. The number of hydrogen-bond donors (Lipinski definition) is 2. The minimum atomic E-state index is -3.59. The number of ketones is 1. The number of aliphatic hydroxyl groups excluding tert-OH is 1. The molecule has 2 spiro atoms. The summed E-state index contributed by atoms with van der Waals surface area (Å²) in [7, 11) is -3.59. The first-order chi connectivity index (χ1) is 20.8. The van der Waals surface area contributed by atoms with Gasteiger partial charge in [-0.3, -0.25) is 4.79 Å². The van der Waals surface area contributed by atoms with Crippen LogP contribution in [0.1, 0.15) is 96.5 Å². The van der Waals surface area contributed by atoms with Crippen molar-refractivity contribution in [2.24, 2.45) is 39.4 Å². The molecule has 240 valence electrons. The normalized spacial score (nSPS) is 43.3. The van der Waals surface area contributed by atoms with Crippen LogP contribution in [0.25, 0.3) is 0 Å². The fraction of sp³-hybridized carbons (Fsp3) is 0.703. The maximum absolute atomic E-state index is 14.7. The Balaban J connectivity index is 1.31. The number of allylic oxidation sites excluding steroid dienone is 4. The summed E-state index contributed by atoms with van der Waals surface area (Å²) in [4.78, 5) is 14.7. The highest BCUT2D eigenvalue weighted by molar-refractivity contribution is 7.88. The Kier molecular flexibility index (Phi) is 7.25. The van der Waals surface area contributed by atoms with Crippen LogP contribution in [0.15, 0.2) is 54.1 Å². The van der Waals surface area contributed by atoms with Crippen LogP contribution in [-0.2, 0) is 21.4 Å². The number of sulfonamides is 1. The van der Waals surface area contributed by atoms with Gasteiger partial charge in [-0.1, -0.05) is 81.7 Å². The van der Waals surface area contributed by atoms with Crippen molar-refractivity contribution in [1.82, 2.24) is 4.31 Å². The number of hydrogen-bond acceptors (Lipinski definition) is 5. The van der Waals surface area contributed by atoms with Crippen LogP contribution in [0.2, 0.25) is 0 Å². The molecule has 8 atom stereocenters. The molecule has 8 unspecified atom stereocenters. The molecule has 0 heterocycles. The van der Waals surface area contributed by atoms with E-state index >= 15 is 0 Å². The SMILES string of the molecule is CC12CCC(O)CC13C=CC1(C(C(=O)C4CCCCC4)=C3)C2CCC2(C)C1CCC2(O)CN(Cc1ccccc1)S(C)(=O)=O. The number of carbonyl (C=O) groups excluding carboxylic acids is 1. The van der Waals surface area contributed by atoms with Crippen molar-refractivity contribution in [3.8, 4) is 0 Å². The van der Waals surface area contributed by atoms with Gasteiger partial charge in [0.1, 0.15) is 0 Å². The lowest BCUT2D eigenvalue weighted by molar-refractivity contribution is -0.177. The topological polar surface area (TPSA) is 94.9 Å². The van der Waals surface area contributed by atoms with Gasteiger partial charge in [0.2, 0.25) is 10.0 Å². The summed E-state index contributed by atoms with van der Waals surface area (Å²) in [5.41, 5.74) is -0.752. The highest BCUT2D eigenvalue weighted by Gasteiger charge is 2.74. The Bertz CT molecular complexity index is 1480. The summed E-state index contributed by atoms with van der Waals surface area (Å²) in [6.07, 6.45) is 18.6. The second kappa shape index (κ2) is 10.4. The van der Waals surface area contributed by atoms with E-state index in [1.54, 1.807) is 0 Å². The highest BCUT2D eigenvalue weighted by Crippen LogP contribution is 2.78. The molecule has 4 fully saturated rings. The molecule has 4 saturated carbocycles. The number of Topliss-reactive ketones (excluding diaryl/α,β-unsaturated/α-hetero) is 1. The minimum Gasteiger partial charge on any atom is -0.393 e. The quantitative estimate of drug-likeness (QED) is 0.354. The monoisotopic (exact) mass is 621 g/mol. The standard InChI is InChI=1S/C37H51NO5S/c1-33-17-14-28(39)22-35(33)20-21-37(29(23-35)32(40)27-12-8-5-9-13-27)30(33)15-18-34(2)31(37)16-19-36(34,41)25-38(44(3,42)43)24-26-10-6-4-7-11-26/h4,6-7,10-11,20-21,23,27-28,30-31,39,41H,5,8-9,12-19,22,24-25H2,1-3H3. The van der Waals surface area contributed by atoms with E-state index in [0.29, 0.717) is 18.6 Å². The van der Waals surface area contributed by atoms with Crippen molar-refractivity contribution in [3.05, 3.63) is 59.7 Å². The third-order valence-corrected chi connectivity index (χ3v) is 15.3. The van der Waals surface area contributed by atoms with Gasteiger partial charge in [0.05, 0.1) is 18.0 Å². The van der Waals surface area contributed by atoms with E-state index in [-0.39, 0.29) is 47.8 Å². The number of fused-ring (bicyclic) bond motifs is 1. The maximum atomic E-state index is 14.7. The van der Waals surface area contributed by atoms with Crippen molar-refractivity contribution in [3.63, 3.8) is 0 Å². The van der Waals surface area contributed by atoms with Gasteiger partial charge >= 0.3 is 0 Å². The average molecular weight is 622 g/mol. The van der Waals surface area contributed by atoms with Gasteiger partial charge in [-0.25, -0.2) is 8.42 Å². The molecule has 8 rings (SSSR count). The van der Waals surface area contributed by atoms with E-state index in [1.165, 1.54) is 17.0 Å².